The topological polar surface area (TPSA) is 132 Å². The average molecular weight is 444 g/mol. The van der Waals surface area contributed by atoms with Crippen LogP contribution in [0.25, 0.3) is 11.2 Å². The number of rotatable bonds is 9. The van der Waals surface area contributed by atoms with Gasteiger partial charge in [-0.1, -0.05) is 34.1 Å². The fraction of sp³-hybridized carbons (Fsp3) is 0.500. The number of fused-ring (bicyclic) bond motifs is 1. The summed E-state index contributed by atoms with van der Waals surface area (Å²) < 4.78 is 8.57. The highest BCUT2D eigenvalue weighted by Crippen LogP contribution is 2.16. The van der Waals surface area contributed by atoms with Crippen molar-refractivity contribution in [3.8, 4) is 0 Å². The first-order chi connectivity index (χ1) is 15.3. The number of H-pyrrole nitrogens is 2. The molecule has 10 nitrogen and oxygen atoms in total. The first-order valence-electron chi connectivity index (χ1n) is 10.9. The third-order valence-corrected chi connectivity index (χ3v) is 5.20. The van der Waals surface area contributed by atoms with E-state index in [0.717, 1.165) is 12.8 Å². The molecule has 0 saturated carbocycles. The highest BCUT2D eigenvalue weighted by atomic mass is 16.5. The van der Waals surface area contributed by atoms with Crippen molar-refractivity contribution in [2.24, 2.45) is 0 Å². The van der Waals surface area contributed by atoms with E-state index in [9.17, 15) is 19.2 Å². The molecule has 3 aromatic rings. The Bertz CT molecular complexity index is 1290. The molecule has 0 fully saturated rings. The summed E-state index contributed by atoms with van der Waals surface area (Å²) in [5.41, 5.74) is -0.0649. The molecule has 10 heteroatoms. The van der Waals surface area contributed by atoms with Crippen LogP contribution < -0.4 is 16.8 Å². The minimum Gasteiger partial charge on any atom is -0.454 e. The maximum absolute atomic E-state index is 12.6. The molecule has 3 rings (SSSR count). The average Bonchev–Trinajstić information content (AvgIpc) is 3.10. The Labute approximate surface area is 184 Å². The van der Waals surface area contributed by atoms with Crippen molar-refractivity contribution in [2.45, 2.75) is 72.6 Å². The Balaban J connectivity index is 1.98. The maximum atomic E-state index is 12.6. The Hall–Kier alpha value is -3.43. The Morgan fingerprint density at radius 1 is 1.06 bits per heavy atom. The fourth-order valence-electron chi connectivity index (χ4n) is 3.52. The highest BCUT2D eigenvalue weighted by molar-refractivity contribution is 5.89. The van der Waals surface area contributed by atoms with Gasteiger partial charge in [-0.05, 0) is 24.8 Å². The zero-order valence-electron chi connectivity index (χ0n) is 18.9. The van der Waals surface area contributed by atoms with Crippen LogP contribution in [-0.2, 0) is 24.4 Å². The third-order valence-electron chi connectivity index (χ3n) is 5.20. The van der Waals surface area contributed by atoms with E-state index >= 15 is 0 Å². The lowest BCUT2D eigenvalue weighted by Crippen LogP contribution is -2.31. The van der Waals surface area contributed by atoms with E-state index in [0.29, 0.717) is 31.0 Å². The molecule has 0 amide bonds. The molecule has 3 heterocycles. The largest absolute Gasteiger partial charge is 0.454 e. The van der Waals surface area contributed by atoms with Crippen molar-refractivity contribution >= 4 is 17.1 Å². The summed E-state index contributed by atoms with van der Waals surface area (Å²) in [5, 5.41) is 0. The summed E-state index contributed by atoms with van der Waals surface area (Å²) in [6.07, 6.45) is 2.35. The second-order valence-electron chi connectivity index (χ2n) is 8.04. The van der Waals surface area contributed by atoms with Crippen molar-refractivity contribution in [3.05, 3.63) is 60.4 Å². The van der Waals surface area contributed by atoms with E-state index in [2.05, 4.69) is 15.0 Å². The number of hydrogen-bond acceptors (Lipinski definition) is 6. The lowest BCUT2D eigenvalue weighted by atomic mass is 10.1. The van der Waals surface area contributed by atoms with Crippen LogP contribution in [0.1, 0.15) is 74.8 Å². The van der Waals surface area contributed by atoms with Gasteiger partial charge in [0.25, 0.3) is 5.56 Å². The molecular weight excluding hydrogens is 414 g/mol. The van der Waals surface area contributed by atoms with Crippen LogP contribution in [0.2, 0.25) is 0 Å². The summed E-state index contributed by atoms with van der Waals surface area (Å²) >= 11 is 0. The molecule has 172 valence electrons. The molecule has 0 spiro atoms. The third kappa shape index (κ3) is 4.74. The number of aromatic amines is 2. The first-order valence-corrected chi connectivity index (χ1v) is 10.9. The number of ether oxygens (including phenoxy) is 1. The Morgan fingerprint density at radius 2 is 1.81 bits per heavy atom. The standard InChI is InChI=1S/C22H29N5O5/c1-5-7-9-27-19-18(20(29)25-22(27)31)26(8-6-2)16(24-19)12-32-21(30)14-10-15(13(3)4)23-17(28)11-14/h10-11,13H,5-9,12H2,1-4H3,(H,23,28)(H,25,29,31). The highest BCUT2D eigenvalue weighted by Gasteiger charge is 2.20. The summed E-state index contributed by atoms with van der Waals surface area (Å²) in [5.74, 6) is -0.258. The molecule has 0 aliphatic heterocycles. The van der Waals surface area contributed by atoms with E-state index in [4.69, 9.17) is 4.74 Å². The molecule has 0 atom stereocenters. The number of nitrogens with one attached hydrogen (secondary N) is 2. The van der Waals surface area contributed by atoms with Gasteiger partial charge < -0.3 is 14.3 Å². The van der Waals surface area contributed by atoms with Gasteiger partial charge in [0, 0.05) is 24.8 Å². The molecule has 0 aliphatic rings. The number of esters is 1. The molecule has 2 N–H and O–H groups in total. The molecule has 0 saturated heterocycles. The van der Waals surface area contributed by atoms with Gasteiger partial charge in [0.05, 0.1) is 5.56 Å². The number of pyridine rings is 1. The molecule has 0 radical (unpaired) electrons. The minimum atomic E-state index is -0.662. The molecule has 0 bridgehead atoms. The van der Waals surface area contributed by atoms with Crippen LogP contribution >= 0.6 is 0 Å². The van der Waals surface area contributed by atoms with Crippen molar-refractivity contribution in [3.63, 3.8) is 0 Å². The smallest absolute Gasteiger partial charge is 0.338 e. The van der Waals surface area contributed by atoms with E-state index in [1.54, 1.807) is 10.6 Å². The number of imidazole rings is 1. The zero-order valence-corrected chi connectivity index (χ0v) is 18.9. The van der Waals surface area contributed by atoms with Crippen molar-refractivity contribution in [1.82, 2.24) is 24.1 Å². The Morgan fingerprint density at radius 3 is 2.47 bits per heavy atom. The summed E-state index contributed by atoms with van der Waals surface area (Å²) in [4.78, 5) is 59.0. The predicted octanol–water partition coefficient (Wildman–Crippen LogP) is 2.27. The van der Waals surface area contributed by atoms with Crippen molar-refractivity contribution in [2.75, 3.05) is 0 Å². The van der Waals surface area contributed by atoms with Crippen LogP contribution in [0, 0.1) is 0 Å². The van der Waals surface area contributed by atoms with Crippen LogP contribution in [0.4, 0.5) is 0 Å². The van der Waals surface area contributed by atoms with E-state index in [1.165, 1.54) is 10.6 Å². The number of aryl methyl sites for hydroxylation is 2. The van der Waals surface area contributed by atoms with E-state index in [1.807, 2.05) is 27.7 Å². The van der Waals surface area contributed by atoms with Crippen LogP contribution in [0.3, 0.4) is 0 Å². The quantitative estimate of drug-likeness (QED) is 0.488. The summed E-state index contributed by atoms with van der Waals surface area (Å²) in [6, 6.07) is 2.78. The van der Waals surface area contributed by atoms with Gasteiger partial charge in [0.2, 0.25) is 5.56 Å². The molecular formula is C22H29N5O5. The number of unbranched alkanes of at least 4 members (excludes halogenated alkanes) is 1. The number of hydrogen-bond donors (Lipinski definition) is 2. The van der Waals surface area contributed by atoms with E-state index in [-0.39, 0.29) is 34.8 Å². The second kappa shape index (κ2) is 9.80. The lowest BCUT2D eigenvalue weighted by Gasteiger charge is -2.10. The molecule has 0 aromatic carbocycles. The monoisotopic (exact) mass is 443 g/mol. The van der Waals surface area contributed by atoms with Crippen LogP contribution in [-0.4, -0.2) is 30.1 Å². The lowest BCUT2D eigenvalue weighted by molar-refractivity contribution is 0.0458. The van der Waals surface area contributed by atoms with Gasteiger partial charge in [-0.25, -0.2) is 14.6 Å². The number of aromatic nitrogens is 5. The van der Waals surface area contributed by atoms with Crippen LogP contribution in [0.15, 0.2) is 26.5 Å². The van der Waals surface area contributed by atoms with Crippen molar-refractivity contribution in [1.29, 1.82) is 0 Å². The molecule has 0 unspecified atom stereocenters. The SMILES string of the molecule is CCCCn1c(=O)[nH]c(=O)c2c1nc(COC(=O)c1cc(C(C)C)[nH]c(=O)c1)n2CCC. The molecule has 32 heavy (non-hydrogen) atoms. The summed E-state index contributed by atoms with van der Waals surface area (Å²) in [7, 11) is 0. The maximum Gasteiger partial charge on any atom is 0.338 e. The number of carbonyl (C=O) groups excluding carboxylic acids is 1. The van der Waals surface area contributed by atoms with E-state index < -0.39 is 17.2 Å². The minimum absolute atomic E-state index is 0.0378. The normalized spacial score (nSPS) is 11.4. The molecule has 3 aromatic heterocycles. The van der Waals surface area contributed by atoms with Gasteiger partial charge in [-0.15, -0.1) is 0 Å². The van der Waals surface area contributed by atoms with Gasteiger partial charge in [-0.3, -0.25) is 19.1 Å². The van der Waals surface area contributed by atoms with Gasteiger partial charge >= 0.3 is 11.7 Å². The zero-order chi connectivity index (χ0) is 23.4. The fourth-order valence-corrected chi connectivity index (χ4v) is 3.52. The Kier molecular flexibility index (Phi) is 7.12. The van der Waals surface area contributed by atoms with Gasteiger partial charge in [0.15, 0.2) is 11.2 Å². The second-order valence-corrected chi connectivity index (χ2v) is 8.04. The number of nitrogens with zero attached hydrogens (tertiary/aromatic N) is 3. The molecule has 0 aliphatic carbocycles. The van der Waals surface area contributed by atoms with Gasteiger partial charge in [-0.2, -0.15) is 0 Å². The number of carbonyl (C=O) groups is 1. The predicted molar refractivity (Wildman–Crippen MR) is 120 cm³/mol. The summed E-state index contributed by atoms with van der Waals surface area (Å²) in [6.45, 7) is 8.47. The van der Waals surface area contributed by atoms with Crippen LogP contribution in [0.5, 0.6) is 0 Å². The van der Waals surface area contributed by atoms with Crippen molar-refractivity contribution < 1.29 is 9.53 Å². The van der Waals surface area contributed by atoms with Gasteiger partial charge in [0.1, 0.15) is 12.4 Å². The first kappa shape index (κ1) is 23.2.